The standard InChI is InChI=1S/C19H17FN4O2/c1-13-4-2-3-5-16(13)18(25)22-10-11-23-17(12-22)21-24(19(23)26)15-8-6-14(20)7-9-15/h2-9H,10-12H2,1H3. The fourth-order valence-corrected chi connectivity index (χ4v) is 3.16. The van der Waals surface area contributed by atoms with Crippen molar-refractivity contribution in [3.63, 3.8) is 0 Å². The van der Waals surface area contributed by atoms with Gasteiger partial charge in [-0.1, -0.05) is 18.2 Å². The summed E-state index contributed by atoms with van der Waals surface area (Å²) in [5, 5.41) is 4.35. The highest BCUT2D eigenvalue weighted by molar-refractivity contribution is 5.95. The number of carbonyl (C=O) groups is 1. The summed E-state index contributed by atoms with van der Waals surface area (Å²) in [6, 6.07) is 13.0. The molecule has 0 atom stereocenters. The van der Waals surface area contributed by atoms with Gasteiger partial charge in [0.2, 0.25) is 0 Å². The van der Waals surface area contributed by atoms with Crippen molar-refractivity contribution >= 4 is 5.91 Å². The number of aromatic nitrogens is 3. The first-order valence-electron chi connectivity index (χ1n) is 8.34. The Bertz CT molecular complexity index is 1040. The van der Waals surface area contributed by atoms with Crippen LogP contribution in [-0.2, 0) is 13.1 Å². The second-order valence-corrected chi connectivity index (χ2v) is 6.28. The van der Waals surface area contributed by atoms with Crippen LogP contribution in [0.15, 0.2) is 53.3 Å². The molecule has 1 amide bonds. The normalized spacial score (nSPS) is 13.5. The predicted octanol–water partition coefficient (Wildman–Crippen LogP) is 2.14. The highest BCUT2D eigenvalue weighted by atomic mass is 19.1. The lowest BCUT2D eigenvalue weighted by Crippen LogP contribution is -2.41. The summed E-state index contributed by atoms with van der Waals surface area (Å²) in [6.07, 6.45) is 0. The second kappa shape index (κ2) is 6.25. The van der Waals surface area contributed by atoms with Gasteiger partial charge >= 0.3 is 5.69 Å². The van der Waals surface area contributed by atoms with Crippen LogP contribution in [0.4, 0.5) is 4.39 Å². The van der Waals surface area contributed by atoms with Gasteiger partial charge in [-0.2, -0.15) is 4.68 Å². The largest absolute Gasteiger partial charge is 0.350 e. The molecule has 3 aromatic rings. The van der Waals surface area contributed by atoms with E-state index in [9.17, 15) is 14.0 Å². The first-order chi connectivity index (χ1) is 12.5. The molecule has 0 unspecified atom stereocenters. The first-order valence-corrected chi connectivity index (χ1v) is 8.34. The van der Waals surface area contributed by atoms with Gasteiger partial charge in [-0.05, 0) is 42.8 Å². The number of rotatable bonds is 2. The fourth-order valence-electron chi connectivity index (χ4n) is 3.16. The van der Waals surface area contributed by atoms with E-state index in [2.05, 4.69) is 5.10 Å². The SMILES string of the molecule is Cc1ccccc1C(=O)N1CCn2c(nn(-c3ccc(F)cc3)c2=O)C1. The van der Waals surface area contributed by atoms with Gasteiger partial charge in [0, 0.05) is 18.7 Å². The van der Waals surface area contributed by atoms with Crippen molar-refractivity contribution in [1.29, 1.82) is 0 Å². The highest BCUT2D eigenvalue weighted by Gasteiger charge is 2.26. The Kier molecular flexibility index (Phi) is 3.91. The molecular weight excluding hydrogens is 335 g/mol. The maximum atomic E-state index is 13.1. The Balaban J connectivity index is 1.65. The molecule has 0 aliphatic carbocycles. The van der Waals surface area contributed by atoms with E-state index in [-0.39, 0.29) is 24.0 Å². The van der Waals surface area contributed by atoms with Crippen molar-refractivity contribution in [3.05, 3.63) is 81.8 Å². The third-order valence-corrected chi connectivity index (χ3v) is 4.60. The zero-order valence-electron chi connectivity index (χ0n) is 14.2. The number of halogens is 1. The Morgan fingerprint density at radius 3 is 2.54 bits per heavy atom. The van der Waals surface area contributed by atoms with Crippen molar-refractivity contribution in [2.24, 2.45) is 0 Å². The van der Waals surface area contributed by atoms with Gasteiger partial charge in [0.1, 0.15) is 5.82 Å². The van der Waals surface area contributed by atoms with Crippen molar-refractivity contribution in [3.8, 4) is 5.69 Å². The third-order valence-electron chi connectivity index (χ3n) is 4.60. The molecule has 7 heteroatoms. The van der Waals surface area contributed by atoms with Crippen LogP contribution in [0.1, 0.15) is 21.7 Å². The van der Waals surface area contributed by atoms with Gasteiger partial charge in [-0.3, -0.25) is 9.36 Å². The van der Waals surface area contributed by atoms with Crippen LogP contribution >= 0.6 is 0 Å². The monoisotopic (exact) mass is 352 g/mol. The summed E-state index contributed by atoms with van der Waals surface area (Å²) < 4.78 is 15.9. The van der Waals surface area contributed by atoms with E-state index in [4.69, 9.17) is 0 Å². The highest BCUT2D eigenvalue weighted by Crippen LogP contribution is 2.16. The number of benzene rings is 2. The quantitative estimate of drug-likeness (QED) is 0.710. The average Bonchev–Trinajstić information content (AvgIpc) is 2.98. The number of amides is 1. The van der Waals surface area contributed by atoms with E-state index in [0.717, 1.165) is 5.56 Å². The van der Waals surface area contributed by atoms with Crippen LogP contribution in [0, 0.1) is 12.7 Å². The molecule has 2 heterocycles. The molecule has 26 heavy (non-hydrogen) atoms. The minimum Gasteiger partial charge on any atom is -0.329 e. The van der Waals surface area contributed by atoms with Gasteiger partial charge in [0.25, 0.3) is 5.91 Å². The topological polar surface area (TPSA) is 60.1 Å². The van der Waals surface area contributed by atoms with E-state index in [1.807, 2.05) is 25.1 Å². The number of hydrogen-bond acceptors (Lipinski definition) is 3. The Morgan fingerprint density at radius 1 is 1.08 bits per heavy atom. The summed E-state index contributed by atoms with van der Waals surface area (Å²) in [5.41, 5.74) is 1.78. The number of hydrogen-bond donors (Lipinski definition) is 0. The smallest absolute Gasteiger partial charge is 0.329 e. The summed E-state index contributed by atoms with van der Waals surface area (Å²) in [4.78, 5) is 27.1. The maximum Gasteiger partial charge on any atom is 0.350 e. The Labute approximate surface area is 149 Å². The third kappa shape index (κ3) is 2.71. The van der Waals surface area contributed by atoms with Gasteiger partial charge in [0.15, 0.2) is 5.82 Å². The van der Waals surface area contributed by atoms with Crippen LogP contribution in [0.2, 0.25) is 0 Å². The van der Waals surface area contributed by atoms with Crippen LogP contribution in [0.5, 0.6) is 0 Å². The molecule has 1 aromatic heterocycles. The van der Waals surface area contributed by atoms with Gasteiger partial charge in [0.05, 0.1) is 12.2 Å². The molecule has 0 saturated carbocycles. The summed E-state index contributed by atoms with van der Waals surface area (Å²) >= 11 is 0. The first kappa shape index (κ1) is 16.3. The molecule has 0 N–H and O–H groups in total. The Morgan fingerprint density at radius 2 is 1.81 bits per heavy atom. The van der Waals surface area contributed by atoms with Crippen molar-refractivity contribution in [1.82, 2.24) is 19.2 Å². The van der Waals surface area contributed by atoms with Crippen molar-refractivity contribution < 1.29 is 9.18 Å². The number of nitrogens with zero attached hydrogens (tertiary/aromatic N) is 4. The zero-order valence-corrected chi connectivity index (χ0v) is 14.2. The molecule has 0 spiro atoms. The predicted molar refractivity (Wildman–Crippen MR) is 93.7 cm³/mol. The molecule has 132 valence electrons. The van der Waals surface area contributed by atoms with Gasteiger partial charge < -0.3 is 4.90 Å². The van der Waals surface area contributed by atoms with Gasteiger partial charge in [-0.25, -0.2) is 9.18 Å². The Hall–Kier alpha value is -3.22. The van der Waals surface area contributed by atoms with E-state index in [1.165, 1.54) is 28.9 Å². The zero-order chi connectivity index (χ0) is 18.3. The minimum absolute atomic E-state index is 0.0712. The van der Waals surface area contributed by atoms with Crippen LogP contribution in [-0.4, -0.2) is 31.7 Å². The maximum absolute atomic E-state index is 13.1. The number of aryl methyl sites for hydroxylation is 1. The molecule has 6 nitrogen and oxygen atoms in total. The van der Waals surface area contributed by atoms with Crippen LogP contribution in [0.3, 0.4) is 0 Å². The minimum atomic E-state index is -0.374. The molecule has 2 aromatic carbocycles. The van der Waals surface area contributed by atoms with Crippen LogP contribution in [0.25, 0.3) is 5.69 Å². The summed E-state index contributed by atoms with van der Waals surface area (Å²) in [6.45, 7) is 2.98. The summed E-state index contributed by atoms with van der Waals surface area (Å²) in [5.74, 6) is 0.0754. The van der Waals surface area contributed by atoms with Crippen molar-refractivity contribution in [2.45, 2.75) is 20.0 Å². The van der Waals surface area contributed by atoms with Crippen molar-refractivity contribution in [2.75, 3.05) is 6.54 Å². The van der Waals surface area contributed by atoms with E-state index >= 15 is 0 Å². The molecular formula is C19H17FN4O2. The van der Waals surface area contributed by atoms with Gasteiger partial charge in [-0.15, -0.1) is 5.10 Å². The van der Waals surface area contributed by atoms with E-state index < -0.39 is 0 Å². The lowest BCUT2D eigenvalue weighted by molar-refractivity contribution is 0.0705. The molecule has 0 saturated heterocycles. The van der Waals surface area contributed by atoms with E-state index in [1.54, 1.807) is 15.5 Å². The number of fused-ring (bicyclic) bond motifs is 1. The lowest BCUT2D eigenvalue weighted by Gasteiger charge is -2.27. The number of carbonyl (C=O) groups excluding carboxylic acids is 1. The molecule has 1 aliphatic heterocycles. The molecule has 4 rings (SSSR count). The molecule has 1 aliphatic rings. The summed E-state index contributed by atoms with van der Waals surface area (Å²) in [7, 11) is 0. The molecule has 0 fully saturated rings. The molecule has 0 radical (unpaired) electrons. The fraction of sp³-hybridized carbons (Fsp3) is 0.211. The second-order valence-electron chi connectivity index (χ2n) is 6.28. The van der Waals surface area contributed by atoms with E-state index in [0.29, 0.717) is 30.2 Å². The average molecular weight is 352 g/mol. The van der Waals surface area contributed by atoms with Crippen LogP contribution < -0.4 is 5.69 Å². The lowest BCUT2D eigenvalue weighted by atomic mass is 10.1. The molecule has 0 bridgehead atoms.